The van der Waals surface area contributed by atoms with Crippen LogP contribution in [0.5, 0.6) is 0 Å². The Morgan fingerprint density at radius 1 is 1.38 bits per heavy atom. The Hall–Kier alpha value is -1.20. The number of nitrogens with two attached hydrogens (primary N) is 1. The van der Waals surface area contributed by atoms with Gasteiger partial charge in [-0.2, -0.15) is 0 Å². The predicted octanol–water partition coefficient (Wildman–Crippen LogP) is 1.11. The van der Waals surface area contributed by atoms with Crippen LogP contribution in [0.15, 0.2) is 22.7 Å². The molecule has 0 aliphatic heterocycles. The second-order valence-corrected chi connectivity index (χ2v) is 4.31. The van der Waals surface area contributed by atoms with Gasteiger partial charge in [-0.3, -0.25) is 14.9 Å². The smallest absolute Gasteiger partial charge is 0.230 e. The van der Waals surface area contributed by atoms with Gasteiger partial charge in [-0.05, 0) is 23.3 Å². The Morgan fingerprint density at radius 2 is 2.06 bits per heavy atom. The van der Waals surface area contributed by atoms with Gasteiger partial charge < -0.3 is 5.73 Å². The van der Waals surface area contributed by atoms with Gasteiger partial charge >= 0.3 is 0 Å². The molecule has 0 aliphatic rings. The van der Waals surface area contributed by atoms with Gasteiger partial charge in [0, 0.05) is 17.9 Å². The van der Waals surface area contributed by atoms with Gasteiger partial charge in [0.2, 0.25) is 11.8 Å². The minimum Gasteiger partial charge on any atom is -0.326 e. The van der Waals surface area contributed by atoms with E-state index in [2.05, 4.69) is 21.2 Å². The van der Waals surface area contributed by atoms with Gasteiger partial charge in [0.05, 0.1) is 6.42 Å². The summed E-state index contributed by atoms with van der Waals surface area (Å²) < 4.78 is 0.920. The molecule has 0 saturated carbocycles. The SMILES string of the molecule is CC(=O)NC(=O)Cc1ccc(Br)cc1CN. The molecule has 4 nitrogen and oxygen atoms in total. The van der Waals surface area contributed by atoms with Crippen molar-refractivity contribution in [2.75, 3.05) is 0 Å². The zero-order chi connectivity index (χ0) is 12.1. The summed E-state index contributed by atoms with van der Waals surface area (Å²) in [7, 11) is 0. The molecule has 0 bridgehead atoms. The number of imide groups is 1. The quantitative estimate of drug-likeness (QED) is 0.874. The Balaban J connectivity index is 2.80. The first-order chi connectivity index (χ1) is 7.52. The summed E-state index contributed by atoms with van der Waals surface area (Å²) in [5.41, 5.74) is 7.31. The van der Waals surface area contributed by atoms with E-state index in [0.717, 1.165) is 15.6 Å². The van der Waals surface area contributed by atoms with E-state index in [1.54, 1.807) is 0 Å². The van der Waals surface area contributed by atoms with E-state index < -0.39 is 0 Å². The Kier molecular flexibility index (Phi) is 4.64. The van der Waals surface area contributed by atoms with Crippen LogP contribution in [0, 0.1) is 0 Å². The number of amides is 2. The zero-order valence-electron chi connectivity index (χ0n) is 8.92. The standard InChI is InChI=1S/C11H13BrN2O2/c1-7(15)14-11(16)5-8-2-3-10(12)4-9(8)6-13/h2-4H,5-6,13H2,1H3,(H,14,15,16). The highest BCUT2D eigenvalue weighted by Gasteiger charge is 2.08. The van der Waals surface area contributed by atoms with E-state index in [-0.39, 0.29) is 18.2 Å². The fourth-order valence-electron chi connectivity index (χ4n) is 1.37. The van der Waals surface area contributed by atoms with E-state index in [4.69, 9.17) is 5.73 Å². The van der Waals surface area contributed by atoms with Crippen molar-refractivity contribution in [3.8, 4) is 0 Å². The largest absolute Gasteiger partial charge is 0.326 e. The summed E-state index contributed by atoms with van der Waals surface area (Å²) in [6.07, 6.45) is 0.166. The summed E-state index contributed by atoms with van der Waals surface area (Å²) in [4.78, 5) is 22.1. The normalized spacial score (nSPS) is 9.94. The number of carbonyl (C=O) groups excluding carboxylic acids is 2. The Labute approximate surface area is 102 Å². The molecular formula is C11H13BrN2O2. The third kappa shape index (κ3) is 3.75. The molecule has 0 saturated heterocycles. The average Bonchev–Trinajstić information content (AvgIpc) is 2.19. The molecule has 0 aromatic heterocycles. The number of carbonyl (C=O) groups is 2. The summed E-state index contributed by atoms with van der Waals surface area (Å²) in [5, 5.41) is 2.23. The molecule has 0 radical (unpaired) electrons. The molecule has 0 heterocycles. The van der Waals surface area contributed by atoms with Crippen molar-refractivity contribution in [2.24, 2.45) is 5.73 Å². The van der Waals surface area contributed by atoms with Crippen molar-refractivity contribution < 1.29 is 9.59 Å². The lowest BCUT2D eigenvalue weighted by atomic mass is 10.0. The van der Waals surface area contributed by atoms with Crippen molar-refractivity contribution in [3.05, 3.63) is 33.8 Å². The first-order valence-corrected chi connectivity index (χ1v) is 5.60. The van der Waals surface area contributed by atoms with Gasteiger partial charge in [0.15, 0.2) is 0 Å². The molecule has 1 rings (SSSR count). The lowest BCUT2D eigenvalue weighted by molar-refractivity contribution is -0.128. The summed E-state index contributed by atoms with van der Waals surface area (Å²) in [5.74, 6) is -0.666. The molecule has 16 heavy (non-hydrogen) atoms. The van der Waals surface area contributed by atoms with Crippen molar-refractivity contribution in [1.82, 2.24) is 5.32 Å². The Bertz CT molecular complexity index is 418. The maximum atomic E-state index is 11.4. The van der Waals surface area contributed by atoms with Gasteiger partial charge in [-0.15, -0.1) is 0 Å². The molecule has 1 aromatic carbocycles. The van der Waals surface area contributed by atoms with E-state index in [9.17, 15) is 9.59 Å². The van der Waals surface area contributed by atoms with Crippen LogP contribution in [0.1, 0.15) is 18.1 Å². The molecule has 0 unspecified atom stereocenters. The van der Waals surface area contributed by atoms with E-state index in [1.807, 2.05) is 18.2 Å². The Morgan fingerprint density at radius 3 is 2.62 bits per heavy atom. The van der Waals surface area contributed by atoms with E-state index in [0.29, 0.717) is 6.54 Å². The lowest BCUT2D eigenvalue weighted by Crippen LogP contribution is -2.29. The maximum Gasteiger partial charge on any atom is 0.230 e. The van der Waals surface area contributed by atoms with E-state index in [1.165, 1.54) is 6.92 Å². The topological polar surface area (TPSA) is 72.2 Å². The average molecular weight is 285 g/mol. The summed E-state index contributed by atoms with van der Waals surface area (Å²) in [6, 6.07) is 5.54. The highest BCUT2D eigenvalue weighted by molar-refractivity contribution is 9.10. The monoisotopic (exact) mass is 284 g/mol. The van der Waals surface area contributed by atoms with Crippen LogP contribution in [0.25, 0.3) is 0 Å². The molecule has 2 amide bonds. The fraction of sp³-hybridized carbons (Fsp3) is 0.273. The number of hydrogen-bond acceptors (Lipinski definition) is 3. The maximum absolute atomic E-state index is 11.4. The van der Waals surface area contributed by atoms with Gasteiger partial charge in [0.1, 0.15) is 0 Å². The molecule has 1 aromatic rings. The molecule has 5 heteroatoms. The van der Waals surface area contributed by atoms with Crippen molar-refractivity contribution in [3.63, 3.8) is 0 Å². The third-order valence-corrected chi connectivity index (χ3v) is 2.55. The van der Waals surface area contributed by atoms with Crippen LogP contribution in [-0.4, -0.2) is 11.8 Å². The molecule has 0 spiro atoms. The second kappa shape index (κ2) is 5.77. The molecule has 0 fully saturated rings. The van der Waals surface area contributed by atoms with Crippen molar-refractivity contribution in [1.29, 1.82) is 0 Å². The zero-order valence-corrected chi connectivity index (χ0v) is 10.5. The van der Waals surface area contributed by atoms with Gasteiger partial charge in [-0.25, -0.2) is 0 Å². The molecule has 3 N–H and O–H groups in total. The van der Waals surface area contributed by atoms with E-state index >= 15 is 0 Å². The highest BCUT2D eigenvalue weighted by Crippen LogP contribution is 2.16. The highest BCUT2D eigenvalue weighted by atomic mass is 79.9. The first kappa shape index (κ1) is 12.9. The number of halogens is 1. The van der Waals surface area contributed by atoms with Crippen LogP contribution in [0.4, 0.5) is 0 Å². The van der Waals surface area contributed by atoms with Crippen LogP contribution in [0.3, 0.4) is 0 Å². The summed E-state index contributed by atoms with van der Waals surface area (Å²) >= 11 is 3.33. The van der Waals surface area contributed by atoms with Crippen LogP contribution in [0.2, 0.25) is 0 Å². The second-order valence-electron chi connectivity index (χ2n) is 3.40. The predicted molar refractivity (Wildman–Crippen MR) is 64.6 cm³/mol. The minimum atomic E-state index is -0.351. The number of rotatable bonds is 3. The fourth-order valence-corrected chi connectivity index (χ4v) is 1.78. The lowest BCUT2D eigenvalue weighted by Gasteiger charge is -2.07. The molecule has 86 valence electrons. The first-order valence-electron chi connectivity index (χ1n) is 4.80. The number of benzene rings is 1. The summed E-state index contributed by atoms with van der Waals surface area (Å²) in [6.45, 7) is 1.67. The van der Waals surface area contributed by atoms with Crippen molar-refractivity contribution >= 4 is 27.7 Å². The molecule has 0 aliphatic carbocycles. The number of nitrogens with one attached hydrogen (secondary N) is 1. The van der Waals surface area contributed by atoms with Gasteiger partial charge in [-0.1, -0.05) is 22.0 Å². The van der Waals surface area contributed by atoms with Gasteiger partial charge in [0.25, 0.3) is 0 Å². The van der Waals surface area contributed by atoms with Crippen LogP contribution >= 0.6 is 15.9 Å². The minimum absolute atomic E-state index is 0.166. The van der Waals surface area contributed by atoms with Crippen LogP contribution in [-0.2, 0) is 22.6 Å². The third-order valence-electron chi connectivity index (χ3n) is 2.05. The number of hydrogen-bond donors (Lipinski definition) is 2. The molecular weight excluding hydrogens is 272 g/mol. The van der Waals surface area contributed by atoms with Crippen molar-refractivity contribution in [2.45, 2.75) is 19.9 Å². The molecule has 0 atom stereocenters. The van der Waals surface area contributed by atoms with Crippen LogP contribution < -0.4 is 11.1 Å².